The minimum atomic E-state index is 0.124. The van der Waals surface area contributed by atoms with Crippen LogP contribution in [0.1, 0.15) is 32.6 Å². The van der Waals surface area contributed by atoms with Gasteiger partial charge in [0.15, 0.2) is 0 Å². The number of hydrogen-bond donors (Lipinski definition) is 1. The second-order valence-electron chi connectivity index (χ2n) is 5.49. The van der Waals surface area contributed by atoms with Crippen molar-refractivity contribution in [2.75, 3.05) is 26.7 Å². The van der Waals surface area contributed by atoms with Gasteiger partial charge < -0.3 is 10.5 Å². The second-order valence-corrected chi connectivity index (χ2v) is 5.49. The molecule has 1 heterocycles. The molecule has 0 spiro atoms. The van der Waals surface area contributed by atoms with Crippen molar-refractivity contribution in [3.8, 4) is 0 Å². The molecule has 0 aromatic carbocycles. The first-order valence-electron chi connectivity index (χ1n) is 6.17. The fourth-order valence-electron chi connectivity index (χ4n) is 2.78. The number of likely N-dealkylation sites (tertiary alicyclic amines) is 1. The predicted molar refractivity (Wildman–Crippen MR) is 61.8 cm³/mol. The Morgan fingerprint density at radius 1 is 1.47 bits per heavy atom. The van der Waals surface area contributed by atoms with Crippen LogP contribution in [-0.2, 0) is 4.74 Å². The van der Waals surface area contributed by atoms with Crippen molar-refractivity contribution < 1.29 is 4.74 Å². The van der Waals surface area contributed by atoms with Crippen molar-refractivity contribution in [2.45, 2.75) is 44.2 Å². The SMILES string of the molecule is COC1CN(CC2(N)CCC2)CCC1C. The summed E-state index contributed by atoms with van der Waals surface area (Å²) in [5, 5.41) is 0. The number of nitrogens with zero attached hydrogens (tertiary/aromatic N) is 1. The van der Waals surface area contributed by atoms with E-state index in [0.29, 0.717) is 12.0 Å². The molecule has 2 unspecified atom stereocenters. The third kappa shape index (κ3) is 2.52. The Balaban J connectivity index is 1.83. The summed E-state index contributed by atoms with van der Waals surface area (Å²) in [6, 6.07) is 0. The minimum absolute atomic E-state index is 0.124. The normalized spacial score (nSPS) is 36.2. The number of nitrogens with two attached hydrogens (primary N) is 1. The highest BCUT2D eigenvalue weighted by molar-refractivity contribution is 4.96. The van der Waals surface area contributed by atoms with Gasteiger partial charge in [-0.15, -0.1) is 0 Å². The lowest BCUT2D eigenvalue weighted by Crippen LogP contribution is -2.57. The summed E-state index contributed by atoms with van der Waals surface area (Å²) < 4.78 is 5.52. The van der Waals surface area contributed by atoms with Gasteiger partial charge in [0.25, 0.3) is 0 Å². The monoisotopic (exact) mass is 212 g/mol. The lowest BCUT2D eigenvalue weighted by Gasteiger charge is -2.45. The molecular weight excluding hydrogens is 188 g/mol. The highest BCUT2D eigenvalue weighted by Crippen LogP contribution is 2.31. The summed E-state index contributed by atoms with van der Waals surface area (Å²) in [5.41, 5.74) is 6.40. The Morgan fingerprint density at radius 3 is 2.73 bits per heavy atom. The van der Waals surface area contributed by atoms with Gasteiger partial charge in [-0.05, 0) is 38.1 Å². The molecule has 2 fully saturated rings. The quantitative estimate of drug-likeness (QED) is 0.764. The first-order valence-corrected chi connectivity index (χ1v) is 6.17. The summed E-state index contributed by atoms with van der Waals surface area (Å²) in [4.78, 5) is 2.49. The van der Waals surface area contributed by atoms with Crippen LogP contribution < -0.4 is 5.73 Å². The van der Waals surface area contributed by atoms with Crippen LogP contribution in [0.15, 0.2) is 0 Å². The molecule has 0 radical (unpaired) electrons. The Morgan fingerprint density at radius 2 is 2.20 bits per heavy atom. The highest BCUT2D eigenvalue weighted by Gasteiger charge is 2.36. The maximum absolute atomic E-state index is 6.27. The molecule has 2 aliphatic rings. The molecule has 0 bridgehead atoms. The van der Waals surface area contributed by atoms with E-state index in [1.54, 1.807) is 0 Å². The van der Waals surface area contributed by atoms with Crippen LogP contribution in [0.25, 0.3) is 0 Å². The molecule has 2 N–H and O–H groups in total. The molecule has 2 atom stereocenters. The summed E-state index contributed by atoms with van der Waals surface area (Å²) >= 11 is 0. The number of piperidine rings is 1. The average molecular weight is 212 g/mol. The zero-order valence-electron chi connectivity index (χ0n) is 10.0. The van der Waals surface area contributed by atoms with Gasteiger partial charge in [0.1, 0.15) is 0 Å². The first-order chi connectivity index (χ1) is 7.13. The van der Waals surface area contributed by atoms with Crippen LogP contribution in [0.2, 0.25) is 0 Å². The van der Waals surface area contributed by atoms with Gasteiger partial charge in [-0.25, -0.2) is 0 Å². The predicted octanol–water partition coefficient (Wildman–Crippen LogP) is 1.22. The molecule has 3 nitrogen and oxygen atoms in total. The van der Waals surface area contributed by atoms with E-state index in [1.807, 2.05) is 7.11 Å². The van der Waals surface area contributed by atoms with E-state index in [1.165, 1.54) is 32.2 Å². The lowest BCUT2D eigenvalue weighted by atomic mass is 9.77. The van der Waals surface area contributed by atoms with E-state index >= 15 is 0 Å². The molecule has 0 aromatic rings. The van der Waals surface area contributed by atoms with E-state index in [9.17, 15) is 0 Å². The third-order valence-corrected chi connectivity index (χ3v) is 4.16. The summed E-state index contributed by atoms with van der Waals surface area (Å²) in [6.45, 7) is 5.61. The van der Waals surface area contributed by atoms with Gasteiger partial charge in [-0.2, -0.15) is 0 Å². The summed E-state index contributed by atoms with van der Waals surface area (Å²) in [7, 11) is 1.83. The van der Waals surface area contributed by atoms with Crippen LogP contribution in [0.5, 0.6) is 0 Å². The first kappa shape index (κ1) is 11.4. The van der Waals surface area contributed by atoms with E-state index < -0.39 is 0 Å². The third-order valence-electron chi connectivity index (χ3n) is 4.16. The zero-order valence-corrected chi connectivity index (χ0v) is 10.0. The molecule has 1 saturated heterocycles. The molecule has 1 aliphatic heterocycles. The average Bonchev–Trinajstić information content (AvgIpc) is 2.18. The fraction of sp³-hybridized carbons (Fsp3) is 1.00. The topological polar surface area (TPSA) is 38.5 Å². The van der Waals surface area contributed by atoms with E-state index in [4.69, 9.17) is 10.5 Å². The molecule has 3 heteroatoms. The van der Waals surface area contributed by atoms with Crippen molar-refractivity contribution in [3.63, 3.8) is 0 Å². The van der Waals surface area contributed by atoms with Crippen molar-refractivity contribution >= 4 is 0 Å². The Bertz CT molecular complexity index is 216. The fourth-order valence-corrected chi connectivity index (χ4v) is 2.78. The van der Waals surface area contributed by atoms with Gasteiger partial charge >= 0.3 is 0 Å². The van der Waals surface area contributed by atoms with Crippen molar-refractivity contribution in [1.82, 2.24) is 4.90 Å². The molecule has 15 heavy (non-hydrogen) atoms. The Hall–Kier alpha value is -0.120. The molecule has 0 amide bonds. The van der Waals surface area contributed by atoms with Crippen molar-refractivity contribution in [3.05, 3.63) is 0 Å². The molecule has 1 aliphatic carbocycles. The Kier molecular flexibility index (Phi) is 3.33. The lowest BCUT2D eigenvalue weighted by molar-refractivity contribution is -0.0161. The van der Waals surface area contributed by atoms with Crippen molar-refractivity contribution in [1.29, 1.82) is 0 Å². The number of hydrogen-bond acceptors (Lipinski definition) is 3. The van der Waals surface area contributed by atoms with Crippen LogP contribution in [-0.4, -0.2) is 43.3 Å². The van der Waals surface area contributed by atoms with Crippen LogP contribution >= 0.6 is 0 Å². The molecule has 1 saturated carbocycles. The number of methoxy groups -OCH3 is 1. The molecule has 2 rings (SSSR count). The maximum Gasteiger partial charge on any atom is 0.0724 e. The smallest absolute Gasteiger partial charge is 0.0724 e. The zero-order chi connectivity index (χ0) is 10.9. The van der Waals surface area contributed by atoms with Gasteiger partial charge in [0, 0.05) is 25.7 Å². The summed E-state index contributed by atoms with van der Waals surface area (Å²) in [5.74, 6) is 0.696. The van der Waals surface area contributed by atoms with Crippen LogP contribution in [0.4, 0.5) is 0 Å². The maximum atomic E-state index is 6.27. The standard InChI is InChI=1S/C12H24N2O/c1-10-4-7-14(8-11(10)15-2)9-12(13)5-3-6-12/h10-11H,3-9,13H2,1-2H3. The van der Waals surface area contributed by atoms with Crippen molar-refractivity contribution in [2.24, 2.45) is 11.7 Å². The van der Waals surface area contributed by atoms with Gasteiger partial charge in [0.2, 0.25) is 0 Å². The van der Waals surface area contributed by atoms with E-state index in [-0.39, 0.29) is 5.54 Å². The van der Waals surface area contributed by atoms with E-state index in [2.05, 4.69) is 11.8 Å². The van der Waals surface area contributed by atoms with Crippen LogP contribution in [0, 0.1) is 5.92 Å². The largest absolute Gasteiger partial charge is 0.380 e. The van der Waals surface area contributed by atoms with Gasteiger partial charge in [0.05, 0.1) is 6.10 Å². The number of ether oxygens (including phenoxy) is 1. The van der Waals surface area contributed by atoms with Gasteiger partial charge in [-0.3, -0.25) is 4.90 Å². The Labute approximate surface area is 93.0 Å². The second kappa shape index (κ2) is 4.40. The molecule has 0 aromatic heterocycles. The highest BCUT2D eigenvalue weighted by atomic mass is 16.5. The van der Waals surface area contributed by atoms with Gasteiger partial charge in [-0.1, -0.05) is 6.92 Å². The minimum Gasteiger partial charge on any atom is -0.380 e. The molecular formula is C12H24N2O. The number of rotatable bonds is 3. The van der Waals surface area contributed by atoms with E-state index in [0.717, 1.165) is 13.1 Å². The van der Waals surface area contributed by atoms with Crippen LogP contribution in [0.3, 0.4) is 0 Å². The summed E-state index contributed by atoms with van der Waals surface area (Å²) in [6.07, 6.45) is 5.37. The molecule has 88 valence electrons.